The lowest BCUT2D eigenvalue weighted by Crippen LogP contribution is -2.04. The number of halogens is 2. The first-order chi connectivity index (χ1) is 8.20. The molecule has 0 radical (unpaired) electrons. The molecule has 0 amide bonds. The Morgan fingerprint density at radius 1 is 1.41 bits per heavy atom. The second-order valence-corrected chi connectivity index (χ2v) is 5.09. The molecule has 5 heteroatoms. The Morgan fingerprint density at radius 2 is 2.18 bits per heavy atom. The van der Waals surface area contributed by atoms with E-state index in [4.69, 9.17) is 11.6 Å². The molecule has 17 heavy (non-hydrogen) atoms. The van der Waals surface area contributed by atoms with Crippen LogP contribution in [0.5, 0.6) is 0 Å². The van der Waals surface area contributed by atoms with Gasteiger partial charge in [0.15, 0.2) is 12.1 Å². The van der Waals surface area contributed by atoms with Crippen molar-refractivity contribution < 1.29 is 4.79 Å². The van der Waals surface area contributed by atoms with E-state index < -0.39 is 0 Å². The molecule has 2 rings (SSSR count). The Labute approximate surface area is 118 Å². The van der Waals surface area contributed by atoms with Crippen LogP contribution < -0.4 is 0 Å². The van der Waals surface area contributed by atoms with E-state index in [9.17, 15) is 4.79 Å². The number of hydrogen-bond donors (Lipinski definition) is 0. The molecule has 0 N–H and O–H groups in total. The molecule has 0 aliphatic rings. The van der Waals surface area contributed by atoms with E-state index in [1.54, 1.807) is 0 Å². The summed E-state index contributed by atoms with van der Waals surface area (Å²) in [5, 5.41) is 0.759. The lowest BCUT2D eigenvalue weighted by Gasteiger charge is -2.05. The minimum absolute atomic E-state index is 0.460. The predicted molar refractivity (Wildman–Crippen MR) is 75.5 cm³/mol. The van der Waals surface area contributed by atoms with Crippen molar-refractivity contribution in [2.45, 2.75) is 13.0 Å². The highest BCUT2D eigenvalue weighted by Gasteiger charge is 2.06. The topological polar surface area (TPSA) is 34.9 Å². The van der Waals surface area contributed by atoms with E-state index in [0.29, 0.717) is 12.4 Å². The van der Waals surface area contributed by atoms with E-state index in [0.717, 1.165) is 27.0 Å². The van der Waals surface area contributed by atoms with Gasteiger partial charge in [0, 0.05) is 17.8 Å². The molecular weight excluding hydrogens is 351 g/mol. The monoisotopic (exact) mass is 360 g/mol. The van der Waals surface area contributed by atoms with Gasteiger partial charge in [0.2, 0.25) is 0 Å². The molecule has 88 valence electrons. The summed E-state index contributed by atoms with van der Waals surface area (Å²) in [6.07, 6.45) is 3.42. The van der Waals surface area contributed by atoms with Crippen LogP contribution in [0.1, 0.15) is 16.2 Å². The van der Waals surface area contributed by atoms with Crippen molar-refractivity contribution in [3.8, 4) is 0 Å². The fourth-order valence-corrected chi connectivity index (χ4v) is 2.43. The van der Waals surface area contributed by atoms with Gasteiger partial charge in [0.1, 0.15) is 3.70 Å². The van der Waals surface area contributed by atoms with Crippen LogP contribution in [0, 0.1) is 3.70 Å². The van der Waals surface area contributed by atoms with Crippen LogP contribution in [0.25, 0.3) is 0 Å². The van der Waals surface area contributed by atoms with Gasteiger partial charge in [0.05, 0.1) is 0 Å². The first-order valence-corrected chi connectivity index (χ1v) is 6.57. The number of aldehydes is 1. The van der Waals surface area contributed by atoms with E-state index in [1.807, 2.05) is 35.0 Å². The molecule has 0 aliphatic heterocycles. The summed E-state index contributed by atoms with van der Waals surface area (Å²) in [5.41, 5.74) is 1.08. The molecule has 0 atom stereocenters. The minimum Gasteiger partial charge on any atom is -0.327 e. The summed E-state index contributed by atoms with van der Waals surface area (Å²) in [6, 6.07) is 7.72. The van der Waals surface area contributed by atoms with Gasteiger partial charge >= 0.3 is 0 Å². The third-order valence-corrected chi connectivity index (χ3v) is 3.35. The highest BCUT2D eigenvalue weighted by atomic mass is 127. The third-order valence-electron chi connectivity index (χ3n) is 2.46. The highest BCUT2D eigenvalue weighted by Crippen LogP contribution is 2.16. The second-order valence-electron chi connectivity index (χ2n) is 3.57. The number of hydrogen-bond acceptors (Lipinski definition) is 2. The maximum Gasteiger partial charge on any atom is 0.185 e. The second kappa shape index (κ2) is 5.64. The molecular formula is C12H10ClIN2O. The Balaban J connectivity index is 2.12. The standard InChI is InChI=1S/C12H10ClIN2O/c13-10-4-2-1-3-9(10)5-6-16-7-11(14)15-12(16)8-17/h1-4,7-8H,5-6H2. The number of imidazole rings is 1. The molecule has 2 aromatic rings. The number of aromatic nitrogens is 2. The average molecular weight is 361 g/mol. The third kappa shape index (κ3) is 3.07. The maximum atomic E-state index is 10.8. The molecule has 3 nitrogen and oxygen atoms in total. The zero-order chi connectivity index (χ0) is 12.3. The molecule has 0 unspecified atom stereocenters. The summed E-state index contributed by atoms with van der Waals surface area (Å²) in [5.74, 6) is 0.460. The normalized spacial score (nSPS) is 10.5. The Morgan fingerprint density at radius 3 is 2.88 bits per heavy atom. The maximum absolute atomic E-state index is 10.8. The molecule has 0 fully saturated rings. The molecule has 1 heterocycles. The van der Waals surface area contributed by atoms with Crippen LogP contribution in [-0.4, -0.2) is 15.8 Å². The van der Waals surface area contributed by atoms with E-state index in [1.165, 1.54) is 0 Å². The predicted octanol–water partition coefficient (Wildman–Crippen LogP) is 3.20. The fourth-order valence-electron chi connectivity index (χ4n) is 1.61. The van der Waals surface area contributed by atoms with Gasteiger partial charge < -0.3 is 4.57 Å². The Hall–Kier alpha value is -0.880. The zero-order valence-corrected chi connectivity index (χ0v) is 11.9. The van der Waals surface area contributed by atoms with Crippen molar-refractivity contribution in [2.75, 3.05) is 0 Å². The fraction of sp³-hybridized carbons (Fsp3) is 0.167. The van der Waals surface area contributed by atoms with Gasteiger partial charge in [-0.1, -0.05) is 29.8 Å². The van der Waals surface area contributed by atoms with Crippen LogP contribution in [0.15, 0.2) is 30.5 Å². The van der Waals surface area contributed by atoms with E-state index in [2.05, 4.69) is 27.6 Å². The van der Waals surface area contributed by atoms with Crippen molar-refractivity contribution in [3.63, 3.8) is 0 Å². The van der Waals surface area contributed by atoms with Gasteiger partial charge in [-0.15, -0.1) is 0 Å². The Kier molecular flexibility index (Phi) is 4.17. The average Bonchev–Trinajstić information content (AvgIpc) is 2.69. The van der Waals surface area contributed by atoms with Crippen LogP contribution in [0.4, 0.5) is 0 Å². The van der Waals surface area contributed by atoms with Crippen molar-refractivity contribution >= 4 is 40.5 Å². The lowest BCUT2D eigenvalue weighted by molar-refractivity contribution is 0.111. The molecule has 0 aliphatic carbocycles. The van der Waals surface area contributed by atoms with Crippen LogP contribution in [0.2, 0.25) is 5.02 Å². The Bertz CT molecular complexity index is 539. The smallest absolute Gasteiger partial charge is 0.185 e. The first kappa shape index (κ1) is 12.6. The molecule has 0 bridgehead atoms. The number of carbonyl (C=O) groups excluding carboxylic acids is 1. The molecule has 1 aromatic heterocycles. The lowest BCUT2D eigenvalue weighted by atomic mass is 10.1. The van der Waals surface area contributed by atoms with Gasteiger partial charge in [-0.05, 0) is 40.6 Å². The van der Waals surface area contributed by atoms with Crippen LogP contribution in [-0.2, 0) is 13.0 Å². The largest absolute Gasteiger partial charge is 0.327 e. The van der Waals surface area contributed by atoms with Gasteiger partial charge in [-0.25, -0.2) is 4.98 Å². The number of carbonyl (C=O) groups is 1. The van der Waals surface area contributed by atoms with Crippen molar-refractivity contribution in [1.82, 2.24) is 9.55 Å². The van der Waals surface area contributed by atoms with Gasteiger partial charge in [-0.3, -0.25) is 4.79 Å². The first-order valence-electron chi connectivity index (χ1n) is 5.12. The highest BCUT2D eigenvalue weighted by molar-refractivity contribution is 14.1. The van der Waals surface area contributed by atoms with Crippen molar-refractivity contribution in [2.24, 2.45) is 0 Å². The minimum atomic E-state index is 0.460. The summed E-state index contributed by atoms with van der Waals surface area (Å²) < 4.78 is 2.67. The summed E-state index contributed by atoms with van der Waals surface area (Å²) >= 11 is 8.17. The number of aryl methyl sites for hydroxylation is 2. The summed E-state index contributed by atoms with van der Waals surface area (Å²) in [7, 11) is 0. The number of rotatable bonds is 4. The molecule has 0 saturated carbocycles. The number of benzene rings is 1. The van der Waals surface area contributed by atoms with Gasteiger partial charge in [0.25, 0.3) is 0 Å². The molecule has 1 aromatic carbocycles. The SMILES string of the molecule is O=Cc1nc(I)cn1CCc1ccccc1Cl. The zero-order valence-electron chi connectivity index (χ0n) is 8.94. The van der Waals surface area contributed by atoms with Crippen molar-refractivity contribution in [3.05, 3.63) is 50.6 Å². The van der Waals surface area contributed by atoms with Crippen molar-refractivity contribution in [1.29, 1.82) is 0 Å². The van der Waals surface area contributed by atoms with E-state index in [-0.39, 0.29) is 0 Å². The summed E-state index contributed by atoms with van der Waals surface area (Å²) in [6.45, 7) is 0.702. The van der Waals surface area contributed by atoms with Crippen LogP contribution >= 0.6 is 34.2 Å². The number of nitrogens with zero attached hydrogens (tertiary/aromatic N) is 2. The summed E-state index contributed by atoms with van der Waals surface area (Å²) in [4.78, 5) is 14.9. The van der Waals surface area contributed by atoms with Crippen LogP contribution in [0.3, 0.4) is 0 Å². The quantitative estimate of drug-likeness (QED) is 0.620. The molecule has 0 spiro atoms. The van der Waals surface area contributed by atoms with E-state index >= 15 is 0 Å². The molecule has 0 saturated heterocycles. The van der Waals surface area contributed by atoms with Gasteiger partial charge in [-0.2, -0.15) is 0 Å².